The number of nitrogen functional groups attached to an aromatic ring is 1. The van der Waals surface area contributed by atoms with Gasteiger partial charge in [0.05, 0.1) is 12.6 Å². The van der Waals surface area contributed by atoms with Gasteiger partial charge >= 0.3 is 0 Å². The van der Waals surface area contributed by atoms with E-state index in [4.69, 9.17) is 10.5 Å². The lowest BCUT2D eigenvalue weighted by Crippen LogP contribution is -2.38. The van der Waals surface area contributed by atoms with Gasteiger partial charge in [-0.2, -0.15) is 4.37 Å². The Balaban J connectivity index is 3.08. The fourth-order valence-corrected chi connectivity index (χ4v) is 3.00. The van der Waals surface area contributed by atoms with E-state index >= 15 is 0 Å². The summed E-state index contributed by atoms with van der Waals surface area (Å²) in [6, 6.07) is 0.205. The molecule has 1 heterocycles. The number of aromatic nitrogens is 1. The first-order valence-electron chi connectivity index (χ1n) is 6.73. The highest BCUT2D eigenvalue weighted by molar-refractivity contribution is 7.11. The van der Waals surface area contributed by atoms with Crippen molar-refractivity contribution >= 4 is 28.3 Å². The summed E-state index contributed by atoms with van der Waals surface area (Å²) < 4.78 is 9.32. The molecule has 1 aromatic rings. The molecular weight excluding hydrogens is 276 g/mol. The van der Waals surface area contributed by atoms with Gasteiger partial charge in [-0.1, -0.05) is 0 Å². The minimum Gasteiger partial charge on any atom is -0.383 e. The molecule has 1 unspecified atom stereocenters. The minimum absolute atomic E-state index is 0.0566. The maximum absolute atomic E-state index is 12.3. The zero-order chi connectivity index (χ0) is 15.3. The maximum atomic E-state index is 12.3. The summed E-state index contributed by atoms with van der Waals surface area (Å²) in [6.07, 6.45) is 0. The van der Waals surface area contributed by atoms with Crippen molar-refractivity contribution in [2.75, 3.05) is 30.9 Å². The monoisotopic (exact) mass is 300 g/mol. The van der Waals surface area contributed by atoms with Crippen LogP contribution in [0.2, 0.25) is 0 Å². The van der Waals surface area contributed by atoms with Crippen molar-refractivity contribution in [3.63, 3.8) is 0 Å². The third-order valence-electron chi connectivity index (χ3n) is 2.89. The van der Waals surface area contributed by atoms with Gasteiger partial charge in [-0.05, 0) is 39.2 Å². The van der Waals surface area contributed by atoms with Crippen LogP contribution in [0.4, 0.5) is 10.8 Å². The number of nitrogens with one attached hydrogen (secondary N) is 1. The number of nitrogens with two attached hydrogens (primary N) is 1. The predicted molar refractivity (Wildman–Crippen MR) is 83.5 cm³/mol. The van der Waals surface area contributed by atoms with Crippen LogP contribution in [0, 0.1) is 0 Å². The van der Waals surface area contributed by atoms with Crippen LogP contribution in [0.1, 0.15) is 38.1 Å². The van der Waals surface area contributed by atoms with Gasteiger partial charge in [-0.15, -0.1) is 0 Å². The lowest BCUT2D eigenvalue weighted by Gasteiger charge is -2.28. The highest BCUT2D eigenvalue weighted by Crippen LogP contribution is 2.31. The van der Waals surface area contributed by atoms with Crippen LogP contribution in [0.3, 0.4) is 0 Å². The smallest absolute Gasteiger partial charge is 0.258 e. The molecule has 1 atom stereocenters. The molecule has 0 spiro atoms. The molecule has 1 rings (SSSR count). The molecule has 6 nitrogen and oxygen atoms in total. The van der Waals surface area contributed by atoms with Crippen LogP contribution in [0.25, 0.3) is 0 Å². The molecule has 0 aliphatic carbocycles. The molecule has 0 radical (unpaired) electrons. The Morgan fingerprint density at radius 1 is 1.50 bits per heavy atom. The first-order chi connectivity index (χ1) is 9.42. The van der Waals surface area contributed by atoms with E-state index in [1.807, 2.05) is 27.7 Å². The zero-order valence-electron chi connectivity index (χ0n) is 12.8. The molecule has 3 N–H and O–H groups in total. The number of carbonyl (C=O) groups is 1. The summed E-state index contributed by atoms with van der Waals surface area (Å²) >= 11 is 1.25. The van der Waals surface area contributed by atoms with E-state index < -0.39 is 0 Å². The topological polar surface area (TPSA) is 80.5 Å². The first kappa shape index (κ1) is 16.7. The summed E-state index contributed by atoms with van der Waals surface area (Å²) in [5.74, 6) is 0.107. The highest BCUT2D eigenvalue weighted by Gasteiger charge is 2.25. The van der Waals surface area contributed by atoms with Crippen LogP contribution in [0.5, 0.6) is 0 Å². The zero-order valence-corrected chi connectivity index (χ0v) is 13.6. The van der Waals surface area contributed by atoms with Crippen LogP contribution >= 0.6 is 11.5 Å². The third kappa shape index (κ3) is 3.83. The number of ether oxygens (including phenoxy) is 1. The quantitative estimate of drug-likeness (QED) is 0.801. The van der Waals surface area contributed by atoms with Crippen molar-refractivity contribution < 1.29 is 9.53 Å². The van der Waals surface area contributed by atoms with Crippen LogP contribution in [0.15, 0.2) is 0 Å². The fourth-order valence-electron chi connectivity index (χ4n) is 2.02. The van der Waals surface area contributed by atoms with Gasteiger partial charge in [0.25, 0.3) is 5.91 Å². The molecule has 114 valence electrons. The normalized spacial score (nSPS) is 12.5. The van der Waals surface area contributed by atoms with Gasteiger partial charge in [-0.25, -0.2) is 0 Å². The van der Waals surface area contributed by atoms with E-state index in [1.54, 1.807) is 7.11 Å². The molecule has 1 amide bonds. The lowest BCUT2D eigenvalue weighted by molar-refractivity contribution is 0.0944. The van der Waals surface area contributed by atoms with E-state index in [0.29, 0.717) is 12.2 Å². The molecule has 0 saturated heterocycles. The van der Waals surface area contributed by atoms with Crippen LogP contribution < -0.4 is 16.0 Å². The number of nitrogens with zero attached hydrogens (tertiary/aromatic N) is 2. The molecule has 1 aromatic heterocycles. The molecule has 0 saturated carbocycles. The number of amides is 1. The Hall–Kier alpha value is -1.34. The SMILES string of the molecule is CCN(c1snc(N)c1C(=O)NC(C)C)C(C)COC. The number of hydrogen-bond donors (Lipinski definition) is 2. The van der Waals surface area contributed by atoms with Crippen molar-refractivity contribution in [1.82, 2.24) is 9.69 Å². The summed E-state index contributed by atoms with van der Waals surface area (Å²) in [6.45, 7) is 9.25. The Morgan fingerprint density at radius 2 is 2.15 bits per heavy atom. The van der Waals surface area contributed by atoms with Gasteiger partial charge in [0.2, 0.25) is 0 Å². The number of anilines is 2. The van der Waals surface area contributed by atoms with E-state index in [2.05, 4.69) is 14.6 Å². The average Bonchev–Trinajstić information content (AvgIpc) is 2.71. The Kier molecular flexibility index (Phi) is 6.22. The van der Waals surface area contributed by atoms with Crippen molar-refractivity contribution in [1.29, 1.82) is 0 Å². The van der Waals surface area contributed by atoms with E-state index in [1.165, 1.54) is 11.5 Å². The second kappa shape index (κ2) is 7.44. The predicted octanol–water partition coefficient (Wildman–Crippen LogP) is 1.72. The number of carbonyl (C=O) groups excluding carboxylic acids is 1. The third-order valence-corrected chi connectivity index (χ3v) is 3.79. The van der Waals surface area contributed by atoms with Crippen molar-refractivity contribution in [2.45, 2.75) is 39.8 Å². The van der Waals surface area contributed by atoms with Gasteiger partial charge in [0, 0.05) is 19.7 Å². The summed E-state index contributed by atoms with van der Waals surface area (Å²) in [5.41, 5.74) is 6.33. The van der Waals surface area contributed by atoms with Gasteiger partial charge in [-0.3, -0.25) is 4.79 Å². The molecular formula is C13H24N4O2S. The highest BCUT2D eigenvalue weighted by atomic mass is 32.1. The largest absolute Gasteiger partial charge is 0.383 e. The summed E-state index contributed by atoms with van der Waals surface area (Å²) in [4.78, 5) is 14.4. The summed E-state index contributed by atoms with van der Waals surface area (Å²) in [7, 11) is 1.66. The maximum Gasteiger partial charge on any atom is 0.258 e. The Bertz CT molecular complexity index is 448. The molecule has 0 fully saturated rings. The molecule has 0 aliphatic heterocycles. The molecule has 7 heteroatoms. The fraction of sp³-hybridized carbons (Fsp3) is 0.692. The van der Waals surface area contributed by atoms with Gasteiger partial charge in [0.1, 0.15) is 10.6 Å². The van der Waals surface area contributed by atoms with E-state index in [9.17, 15) is 4.79 Å². The van der Waals surface area contributed by atoms with Gasteiger partial charge in [0.15, 0.2) is 5.82 Å². The first-order valence-corrected chi connectivity index (χ1v) is 7.51. The average molecular weight is 300 g/mol. The number of methoxy groups -OCH3 is 1. The lowest BCUT2D eigenvalue weighted by atomic mass is 10.2. The second-order valence-corrected chi connectivity index (χ2v) is 5.72. The minimum atomic E-state index is -0.177. The van der Waals surface area contributed by atoms with Crippen LogP contribution in [-0.2, 0) is 4.74 Å². The standard InChI is InChI=1S/C13H24N4O2S/c1-6-17(9(4)7-19-5)13-10(11(14)16-20-13)12(18)15-8(2)3/h8-9H,6-7H2,1-5H3,(H2,14,16)(H,15,18). The number of rotatable bonds is 7. The summed E-state index contributed by atoms with van der Waals surface area (Å²) in [5, 5.41) is 3.66. The van der Waals surface area contributed by atoms with E-state index in [-0.39, 0.29) is 23.8 Å². The number of hydrogen-bond acceptors (Lipinski definition) is 6. The molecule has 0 aliphatic rings. The number of likely N-dealkylation sites (N-methyl/N-ethyl adjacent to an activating group) is 1. The van der Waals surface area contributed by atoms with Crippen molar-refractivity contribution in [3.8, 4) is 0 Å². The van der Waals surface area contributed by atoms with Crippen molar-refractivity contribution in [2.24, 2.45) is 0 Å². The van der Waals surface area contributed by atoms with Gasteiger partial charge < -0.3 is 20.7 Å². The molecule has 20 heavy (non-hydrogen) atoms. The van der Waals surface area contributed by atoms with E-state index in [0.717, 1.165) is 11.5 Å². The van der Waals surface area contributed by atoms with Crippen LogP contribution in [-0.4, -0.2) is 42.6 Å². The molecule has 0 aromatic carbocycles. The molecule has 0 bridgehead atoms. The second-order valence-electron chi connectivity index (χ2n) is 4.97. The van der Waals surface area contributed by atoms with Crippen molar-refractivity contribution in [3.05, 3.63) is 5.56 Å². The Labute approximate surface area is 124 Å². The Morgan fingerprint density at radius 3 is 2.65 bits per heavy atom.